The normalized spacial score (nSPS) is 12.6. The summed E-state index contributed by atoms with van der Waals surface area (Å²) in [6.07, 6.45) is 0. The number of hydrogen-bond acceptors (Lipinski definition) is 7. The predicted octanol–water partition coefficient (Wildman–Crippen LogP) is 4.27. The lowest BCUT2D eigenvalue weighted by molar-refractivity contribution is -0.116. The topological polar surface area (TPSA) is 60.7 Å². The molecule has 0 spiro atoms. The van der Waals surface area contributed by atoms with Gasteiger partial charge in [-0.3, -0.25) is 4.79 Å². The second-order valence-corrected chi connectivity index (χ2v) is 8.81. The van der Waals surface area contributed by atoms with Gasteiger partial charge in [0.15, 0.2) is 9.50 Å². The molecule has 3 rings (SSSR count). The standard InChI is InChI=1S/C16H18N4OS3/c1-4-20-14(18-19-15(20)23-11(3)10(2)21)9-22-16-17-12-7-5-6-8-13(12)24-16/h5-8,11H,4,9H2,1-3H3. The Hall–Kier alpha value is -1.38. The molecule has 0 saturated heterocycles. The van der Waals surface area contributed by atoms with Crippen molar-refractivity contribution in [2.24, 2.45) is 0 Å². The van der Waals surface area contributed by atoms with Crippen LogP contribution in [-0.4, -0.2) is 30.8 Å². The zero-order valence-electron chi connectivity index (χ0n) is 13.7. The molecule has 1 atom stereocenters. The molecular weight excluding hydrogens is 360 g/mol. The summed E-state index contributed by atoms with van der Waals surface area (Å²) in [5.41, 5.74) is 1.04. The Bertz CT molecular complexity index is 825. The summed E-state index contributed by atoms with van der Waals surface area (Å²) in [5.74, 6) is 1.78. The lowest BCUT2D eigenvalue weighted by Crippen LogP contribution is -2.10. The molecular formula is C16H18N4OS3. The summed E-state index contributed by atoms with van der Waals surface area (Å²) in [6, 6.07) is 8.15. The highest BCUT2D eigenvalue weighted by molar-refractivity contribution is 8.00. The average Bonchev–Trinajstić information content (AvgIpc) is 3.15. The summed E-state index contributed by atoms with van der Waals surface area (Å²) in [4.78, 5) is 16.1. The van der Waals surface area contributed by atoms with Gasteiger partial charge in [-0.25, -0.2) is 4.98 Å². The van der Waals surface area contributed by atoms with Crippen molar-refractivity contribution < 1.29 is 4.79 Å². The van der Waals surface area contributed by atoms with Crippen molar-refractivity contribution >= 4 is 50.9 Å². The number of benzene rings is 1. The molecule has 0 aliphatic heterocycles. The average molecular weight is 379 g/mol. The van der Waals surface area contributed by atoms with Crippen LogP contribution >= 0.6 is 34.9 Å². The van der Waals surface area contributed by atoms with E-state index in [0.29, 0.717) is 0 Å². The van der Waals surface area contributed by atoms with E-state index in [0.717, 1.165) is 33.1 Å². The van der Waals surface area contributed by atoms with Crippen LogP contribution in [0.3, 0.4) is 0 Å². The monoisotopic (exact) mass is 378 g/mol. The van der Waals surface area contributed by atoms with E-state index >= 15 is 0 Å². The van der Waals surface area contributed by atoms with Gasteiger partial charge in [-0.05, 0) is 32.9 Å². The van der Waals surface area contributed by atoms with Gasteiger partial charge in [0.2, 0.25) is 0 Å². The first-order valence-corrected chi connectivity index (χ1v) is 10.3. The lowest BCUT2D eigenvalue weighted by Gasteiger charge is -2.09. The van der Waals surface area contributed by atoms with Gasteiger partial charge in [-0.15, -0.1) is 21.5 Å². The third kappa shape index (κ3) is 3.81. The molecule has 0 amide bonds. The number of hydrogen-bond donors (Lipinski definition) is 0. The molecule has 1 aromatic carbocycles. The smallest absolute Gasteiger partial charge is 0.191 e. The summed E-state index contributed by atoms with van der Waals surface area (Å²) >= 11 is 4.84. The van der Waals surface area contributed by atoms with Crippen LogP contribution in [0.4, 0.5) is 0 Å². The highest BCUT2D eigenvalue weighted by atomic mass is 32.2. The van der Waals surface area contributed by atoms with E-state index in [9.17, 15) is 4.79 Å². The Kier molecular flexibility index (Phi) is 5.57. The summed E-state index contributed by atoms with van der Waals surface area (Å²) in [5, 5.41) is 9.26. The van der Waals surface area contributed by atoms with Crippen LogP contribution in [0.5, 0.6) is 0 Å². The molecule has 2 aromatic heterocycles. The molecule has 0 fully saturated rings. The van der Waals surface area contributed by atoms with E-state index in [1.165, 1.54) is 16.5 Å². The minimum atomic E-state index is -0.107. The van der Waals surface area contributed by atoms with Gasteiger partial charge in [0.05, 0.1) is 21.2 Å². The second kappa shape index (κ2) is 7.67. The number of fused-ring (bicyclic) bond motifs is 1. The zero-order chi connectivity index (χ0) is 17.1. The molecule has 2 heterocycles. The number of thioether (sulfide) groups is 2. The number of nitrogens with zero attached hydrogens (tertiary/aromatic N) is 4. The molecule has 24 heavy (non-hydrogen) atoms. The molecule has 0 saturated carbocycles. The van der Waals surface area contributed by atoms with Crippen LogP contribution in [-0.2, 0) is 17.1 Å². The highest BCUT2D eigenvalue weighted by Gasteiger charge is 2.17. The van der Waals surface area contributed by atoms with Gasteiger partial charge < -0.3 is 4.57 Å². The molecule has 0 N–H and O–H groups in total. The first-order valence-electron chi connectivity index (χ1n) is 7.66. The summed E-state index contributed by atoms with van der Waals surface area (Å²) in [7, 11) is 0. The van der Waals surface area contributed by atoms with Gasteiger partial charge in [-0.2, -0.15) is 0 Å². The maximum atomic E-state index is 11.5. The number of carbonyl (C=O) groups is 1. The van der Waals surface area contributed by atoms with Crippen molar-refractivity contribution in [3.05, 3.63) is 30.1 Å². The molecule has 5 nitrogen and oxygen atoms in total. The van der Waals surface area contributed by atoms with Crippen molar-refractivity contribution in [1.29, 1.82) is 0 Å². The largest absolute Gasteiger partial charge is 0.306 e. The third-order valence-corrected chi connectivity index (χ3v) is 6.94. The first kappa shape index (κ1) is 17.4. The summed E-state index contributed by atoms with van der Waals surface area (Å²) in [6.45, 7) is 6.36. The Labute approximate surface area is 153 Å². The van der Waals surface area contributed by atoms with Crippen molar-refractivity contribution in [1.82, 2.24) is 19.7 Å². The molecule has 0 aliphatic carbocycles. The van der Waals surface area contributed by atoms with Gasteiger partial charge in [-0.1, -0.05) is 35.7 Å². The van der Waals surface area contributed by atoms with Crippen molar-refractivity contribution in [3.63, 3.8) is 0 Å². The van der Waals surface area contributed by atoms with Gasteiger partial charge in [0.25, 0.3) is 0 Å². The Morgan fingerprint density at radius 1 is 1.33 bits per heavy atom. The maximum absolute atomic E-state index is 11.5. The van der Waals surface area contributed by atoms with E-state index < -0.39 is 0 Å². The minimum absolute atomic E-state index is 0.107. The van der Waals surface area contributed by atoms with E-state index in [-0.39, 0.29) is 11.0 Å². The summed E-state index contributed by atoms with van der Waals surface area (Å²) < 4.78 is 4.31. The van der Waals surface area contributed by atoms with Gasteiger partial charge >= 0.3 is 0 Å². The molecule has 0 aliphatic rings. The Balaban J connectivity index is 1.72. The van der Waals surface area contributed by atoms with Gasteiger partial charge in [0, 0.05) is 6.54 Å². The quantitative estimate of drug-likeness (QED) is 0.572. The number of thiazole rings is 1. The molecule has 0 radical (unpaired) electrons. The van der Waals surface area contributed by atoms with Crippen LogP contribution in [0.1, 0.15) is 26.6 Å². The van der Waals surface area contributed by atoms with Crippen LogP contribution in [0.15, 0.2) is 33.8 Å². The van der Waals surface area contributed by atoms with Crippen LogP contribution in [0.2, 0.25) is 0 Å². The number of aromatic nitrogens is 4. The Morgan fingerprint density at radius 2 is 2.12 bits per heavy atom. The number of carbonyl (C=O) groups excluding carboxylic acids is 1. The van der Waals surface area contributed by atoms with Crippen molar-refractivity contribution in [2.75, 3.05) is 0 Å². The molecule has 8 heteroatoms. The fourth-order valence-electron chi connectivity index (χ4n) is 2.11. The van der Waals surface area contributed by atoms with E-state index in [4.69, 9.17) is 0 Å². The number of Topliss-reactive ketones (excluding diaryl/α,β-unsaturated/α-hetero) is 1. The second-order valence-electron chi connectivity index (χ2n) is 5.25. The van der Waals surface area contributed by atoms with Crippen molar-refractivity contribution in [3.8, 4) is 0 Å². The first-order chi connectivity index (χ1) is 11.6. The molecule has 0 bridgehead atoms. The lowest BCUT2D eigenvalue weighted by atomic mass is 10.3. The van der Waals surface area contributed by atoms with E-state index in [1.807, 2.05) is 25.1 Å². The molecule has 126 valence electrons. The fourth-order valence-corrected chi connectivity index (χ4v) is 5.05. The van der Waals surface area contributed by atoms with Crippen molar-refractivity contribution in [2.45, 2.75) is 47.8 Å². The minimum Gasteiger partial charge on any atom is -0.306 e. The fraction of sp³-hybridized carbons (Fsp3) is 0.375. The van der Waals surface area contributed by atoms with Gasteiger partial charge in [0.1, 0.15) is 11.6 Å². The van der Waals surface area contributed by atoms with Crippen LogP contribution in [0, 0.1) is 0 Å². The van der Waals surface area contributed by atoms with Crippen LogP contribution < -0.4 is 0 Å². The predicted molar refractivity (Wildman–Crippen MR) is 101 cm³/mol. The highest BCUT2D eigenvalue weighted by Crippen LogP contribution is 2.32. The number of ketones is 1. The SMILES string of the molecule is CCn1c(CSc2nc3ccccc3s2)nnc1SC(C)C(C)=O. The number of para-hydroxylation sites is 1. The van der Waals surface area contributed by atoms with Crippen LogP contribution in [0.25, 0.3) is 10.2 Å². The Morgan fingerprint density at radius 3 is 2.83 bits per heavy atom. The third-order valence-electron chi connectivity index (χ3n) is 3.56. The molecule has 3 aromatic rings. The van der Waals surface area contributed by atoms with E-state index in [2.05, 4.69) is 32.7 Å². The maximum Gasteiger partial charge on any atom is 0.191 e. The molecule has 1 unspecified atom stereocenters. The van der Waals surface area contributed by atoms with E-state index in [1.54, 1.807) is 30.0 Å². The zero-order valence-corrected chi connectivity index (χ0v) is 16.2. The number of rotatable bonds is 7.